The van der Waals surface area contributed by atoms with Gasteiger partial charge >= 0.3 is 0 Å². The van der Waals surface area contributed by atoms with Crippen LogP contribution in [0.2, 0.25) is 0 Å². The van der Waals surface area contributed by atoms with Gasteiger partial charge in [-0.2, -0.15) is 5.10 Å². The van der Waals surface area contributed by atoms with Gasteiger partial charge in [-0.1, -0.05) is 6.07 Å². The normalized spacial score (nSPS) is 17.2. The Morgan fingerprint density at radius 1 is 1.48 bits per heavy atom. The van der Waals surface area contributed by atoms with Gasteiger partial charge in [0.1, 0.15) is 0 Å². The first-order valence-electron chi connectivity index (χ1n) is 6.82. The third-order valence-corrected chi connectivity index (χ3v) is 3.78. The lowest BCUT2D eigenvalue weighted by Gasteiger charge is -2.22. The van der Waals surface area contributed by atoms with Crippen molar-refractivity contribution in [2.45, 2.75) is 19.9 Å². The number of hydrogen-bond donors (Lipinski definition) is 2. The van der Waals surface area contributed by atoms with Crippen molar-refractivity contribution in [1.29, 1.82) is 0 Å². The fourth-order valence-electron chi connectivity index (χ4n) is 2.78. The summed E-state index contributed by atoms with van der Waals surface area (Å²) in [6.45, 7) is 4.22. The van der Waals surface area contributed by atoms with E-state index in [-0.39, 0.29) is 17.7 Å². The number of hydrogen-bond acceptors (Lipinski definition) is 4. The number of phenolic OH excluding ortho intramolecular Hbond substituents is 1. The van der Waals surface area contributed by atoms with Crippen LogP contribution in [0.3, 0.4) is 0 Å². The number of nitrogens with zero attached hydrogens (tertiary/aromatic N) is 2. The molecule has 1 aliphatic rings. The minimum atomic E-state index is -0.217. The molecule has 0 fully saturated rings. The van der Waals surface area contributed by atoms with Crippen LogP contribution in [0.15, 0.2) is 18.2 Å². The van der Waals surface area contributed by atoms with Crippen molar-refractivity contribution in [2.24, 2.45) is 0 Å². The number of aryl methyl sites for hydroxylation is 1. The van der Waals surface area contributed by atoms with Gasteiger partial charge in [-0.3, -0.25) is 9.89 Å². The van der Waals surface area contributed by atoms with Gasteiger partial charge in [-0.05, 0) is 31.5 Å². The second-order valence-corrected chi connectivity index (χ2v) is 5.09. The minimum Gasteiger partial charge on any atom is -0.504 e. The highest BCUT2D eigenvalue weighted by atomic mass is 16.5. The quantitative estimate of drug-likeness (QED) is 0.905. The smallest absolute Gasteiger partial charge is 0.275 e. The van der Waals surface area contributed by atoms with E-state index in [0.29, 0.717) is 18.1 Å². The molecular weight excluding hydrogens is 270 g/mol. The lowest BCUT2D eigenvalue weighted by molar-refractivity contribution is 0.0787. The first-order chi connectivity index (χ1) is 10.0. The SMILES string of the molecule is CCOc1cc([C@@H]2c3c(n[nH]c3C)C(=O)N2C)ccc1O. The zero-order chi connectivity index (χ0) is 15.1. The van der Waals surface area contributed by atoms with Gasteiger partial charge in [-0.15, -0.1) is 0 Å². The second kappa shape index (κ2) is 4.80. The fourth-order valence-corrected chi connectivity index (χ4v) is 2.78. The van der Waals surface area contributed by atoms with E-state index >= 15 is 0 Å². The van der Waals surface area contributed by atoms with Gasteiger partial charge in [0, 0.05) is 18.3 Å². The van der Waals surface area contributed by atoms with Crippen molar-refractivity contribution in [3.8, 4) is 11.5 Å². The minimum absolute atomic E-state index is 0.0942. The Kier molecular flexibility index (Phi) is 3.08. The highest BCUT2D eigenvalue weighted by molar-refractivity contribution is 5.98. The van der Waals surface area contributed by atoms with Crippen molar-refractivity contribution < 1.29 is 14.6 Å². The molecule has 1 aromatic carbocycles. The number of nitrogens with one attached hydrogen (secondary N) is 1. The molecule has 0 radical (unpaired) electrons. The zero-order valence-electron chi connectivity index (χ0n) is 12.2. The average molecular weight is 287 g/mol. The average Bonchev–Trinajstić information content (AvgIpc) is 2.94. The summed E-state index contributed by atoms with van der Waals surface area (Å²) in [5.41, 5.74) is 3.11. The van der Waals surface area contributed by atoms with Gasteiger partial charge in [0.2, 0.25) is 0 Å². The molecule has 110 valence electrons. The summed E-state index contributed by atoms with van der Waals surface area (Å²) >= 11 is 0. The number of fused-ring (bicyclic) bond motifs is 1. The van der Waals surface area contributed by atoms with Gasteiger partial charge in [0.25, 0.3) is 5.91 Å². The molecule has 21 heavy (non-hydrogen) atoms. The van der Waals surface area contributed by atoms with Crippen LogP contribution in [0.1, 0.15) is 40.3 Å². The maximum atomic E-state index is 12.2. The van der Waals surface area contributed by atoms with Crippen molar-refractivity contribution in [2.75, 3.05) is 13.7 Å². The summed E-state index contributed by atoms with van der Waals surface area (Å²) in [6.07, 6.45) is 0. The molecule has 1 amide bonds. The van der Waals surface area contributed by atoms with Crippen molar-refractivity contribution in [3.63, 3.8) is 0 Å². The maximum absolute atomic E-state index is 12.2. The molecule has 0 saturated heterocycles. The Labute approximate surface area is 122 Å². The van der Waals surface area contributed by atoms with Crippen LogP contribution in [-0.2, 0) is 0 Å². The van der Waals surface area contributed by atoms with Gasteiger partial charge in [0.05, 0.1) is 12.6 Å². The Balaban J connectivity index is 2.10. The summed E-state index contributed by atoms with van der Waals surface area (Å²) < 4.78 is 5.42. The number of aromatic amines is 1. The monoisotopic (exact) mass is 287 g/mol. The van der Waals surface area contributed by atoms with E-state index in [1.807, 2.05) is 13.8 Å². The number of carbonyl (C=O) groups is 1. The molecule has 2 heterocycles. The van der Waals surface area contributed by atoms with Crippen LogP contribution in [-0.4, -0.2) is 39.8 Å². The van der Waals surface area contributed by atoms with Crippen molar-refractivity contribution >= 4 is 5.91 Å². The summed E-state index contributed by atoms with van der Waals surface area (Å²) in [6, 6.07) is 4.94. The zero-order valence-corrected chi connectivity index (χ0v) is 12.2. The number of benzene rings is 1. The summed E-state index contributed by atoms with van der Waals surface area (Å²) in [5, 5.41) is 16.8. The van der Waals surface area contributed by atoms with E-state index in [1.165, 1.54) is 0 Å². The highest BCUT2D eigenvalue weighted by Crippen LogP contribution is 2.40. The van der Waals surface area contributed by atoms with Gasteiger partial charge in [-0.25, -0.2) is 0 Å². The van der Waals surface area contributed by atoms with E-state index in [2.05, 4.69) is 10.2 Å². The molecule has 2 aromatic rings. The van der Waals surface area contributed by atoms with Crippen LogP contribution < -0.4 is 4.74 Å². The molecule has 1 aromatic heterocycles. The van der Waals surface area contributed by atoms with E-state index in [9.17, 15) is 9.90 Å². The van der Waals surface area contributed by atoms with Gasteiger partial charge in [0.15, 0.2) is 17.2 Å². The van der Waals surface area contributed by atoms with E-state index in [1.54, 1.807) is 30.1 Å². The third kappa shape index (κ3) is 1.94. The molecule has 0 unspecified atom stereocenters. The molecule has 0 saturated carbocycles. The lowest BCUT2D eigenvalue weighted by atomic mass is 9.99. The molecule has 1 atom stereocenters. The van der Waals surface area contributed by atoms with E-state index < -0.39 is 0 Å². The van der Waals surface area contributed by atoms with Crippen molar-refractivity contribution in [1.82, 2.24) is 15.1 Å². The number of amides is 1. The molecule has 0 spiro atoms. The number of aromatic hydroxyl groups is 1. The van der Waals surface area contributed by atoms with Gasteiger partial charge < -0.3 is 14.7 Å². The van der Waals surface area contributed by atoms with Crippen LogP contribution in [0.25, 0.3) is 0 Å². The van der Waals surface area contributed by atoms with Crippen LogP contribution >= 0.6 is 0 Å². The summed E-state index contributed by atoms with van der Waals surface area (Å²) in [7, 11) is 1.75. The molecule has 3 rings (SSSR count). The number of aromatic nitrogens is 2. The standard InChI is InChI=1S/C15H17N3O3/c1-4-21-11-7-9(5-6-10(11)19)14-12-8(2)16-17-13(12)15(20)18(14)3/h5-7,14,19H,4H2,1-3H3,(H,16,17)/t14-/m1/s1. The molecule has 0 aliphatic carbocycles. The predicted molar refractivity (Wildman–Crippen MR) is 76.5 cm³/mol. The van der Waals surface area contributed by atoms with Crippen LogP contribution in [0.4, 0.5) is 0 Å². The maximum Gasteiger partial charge on any atom is 0.275 e. The van der Waals surface area contributed by atoms with Crippen LogP contribution in [0.5, 0.6) is 11.5 Å². The molecule has 2 N–H and O–H groups in total. The van der Waals surface area contributed by atoms with E-state index in [4.69, 9.17) is 4.74 Å². The Morgan fingerprint density at radius 2 is 2.24 bits per heavy atom. The second-order valence-electron chi connectivity index (χ2n) is 5.09. The highest BCUT2D eigenvalue weighted by Gasteiger charge is 2.39. The Bertz CT molecular complexity index is 708. The largest absolute Gasteiger partial charge is 0.504 e. The number of H-pyrrole nitrogens is 1. The number of rotatable bonds is 3. The predicted octanol–water partition coefficient (Wildman–Crippen LogP) is 2.00. The molecule has 0 bridgehead atoms. The lowest BCUT2D eigenvalue weighted by Crippen LogP contribution is -2.24. The molecular formula is C15H17N3O3. The third-order valence-electron chi connectivity index (χ3n) is 3.78. The van der Waals surface area contributed by atoms with Crippen molar-refractivity contribution in [3.05, 3.63) is 40.7 Å². The first kappa shape index (κ1) is 13.5. The summed E-state index contributed by atoms with van der Waals surface area (Å²) in [4.78, 5) is 13.9. The fraction of sp³-hybridized carbons (Fsp3) is 0.333. The number of carbonyl (C=O) groups excluding carboxylic acids is 1. The number of ether oxygens (including phenoxy) is 1. The molecule has 6 nitrogen and oxygen atoms in total. The topological polar surface area (TPSA) is 78.5 Å². The Hall–Kier alpha value is -2.50. The number of phenols is 1. The van der Waals surface area contributed by atoms with E-state index in [0.717, 1.165) is 16.8 Å². The van der Waals surface area contributed by atoms with Crippen LogP contribution in [0, 0.1) is 6.92 Å². The Morgan fingerprint density at radius 3 is 2.95 bits per heavy atom. The first-order valence-corrected chi connectivity index (χ1v) is 6.82. The molecule has 6 heteroatoms. The summed E-state index contributed by atoms with van der Waals surface area (Å²) in [5.74, 6) is 0.410. The molecule has 1 aliphatic heterocycles.